The fourth-order valence-corrected chi connectivity index (χ4v) is 3.60. The maximum Gasteiger partial charge on any atom is 0.280 e. The number of hydrogen-bond donors (Lipinski definition) is 2. The molecule has 24 heavy (non-hydrogen) atoms. The number of aromatic nitrogens is 3. The molecule has 0 unspecified atom stereocenters. The number of amides is 2. The number of hydrazine groups is 1. The average Bonchev–Trinajstić information content (AvgIpc) is 2.90. The summed E-state index contributed by atoms with van der Waals surface area (Å²) in [6.07, 6.45) is 3.00. The topological polar surface area (TPSA) is 96.9 Å². The molecule has 0 aliphatic rings. The molecule has 0 aliphatic carbocycles. The van der Waals surface area contributed by atoms with Crippen LogP contribution in [0.2, 0.25) is 0 Å². The molecule has 3 rings (SSSR count). The third kappa shape index (κ3) is 2.95. The van der Waals surface area contributed by atoms with Gasteiger partial charge in [0, 0.05) is 23.5 Å². The number of pyridine rings is 1. The standard InChI is InChI=1S/C16H15N5O2S/c1-8-12-9(2)18-10(3)19-16(12)24-13(8)15(23)21-20-14(22)11-5-4-6-17-7-11/h4-7H,1-3H3,(H,20,22)(H,21,23). The van der Waals surface area contributed by atoms with Gasteiger partial charge in [0.2, 0.25) is 0 Å². The molecule has 8 heteroatoms. The van der Waals surface area contributed by atoms with Crippen LogP contribution in [0, 0.1) is 20.8 Å². The maximum absolute atomic E-state index is 12.4. The van der Waals surface area contributed by atoms with Gasteiger partial charge in [0.25, 0.3) is 11.8 Å². The molecule has 0 saturated heterocycles. The first kappa shape index (κ1) is 16.0. The number of carbonyl (C=O) groups is 2. The summed E-state index contributed by atoms with van der Waals surface area (Å²) in [5.74, 6) is -0.148. The van der Waals surface area contributed by atoms with E-state index in [9.17, 15) is 9.59 Å². The molecule has 3 aromatic heterocycles. The Labute approximate surface area is 142 Å². The molecule has 2 amide bonds. The molecule has 2 N–H and O–H groups in total. The number of rotatable bonds is 2. The SMILES string of the molecule is Cc1nc(C)c2c(C)c(C(=O)NNC(=O)c3cccnc3)sc2n1. The molecule has 0 fully saturated rings. The van der Waals surface area contributed by atoms with Gasteiger partial charge in [-0.05, 0) is 38.5 Å². The first-order chi connectivity index (χ1) is 11.5. The Balaban J connectivity index is 1.81. The van der Waals surface area contributed by atoms with Crippen molar-refractivity contribution in [1.29, 1.82) is 0 Å². The van der Waals surface area contributed by atoms with Crippen molar-refractivity contribution in [3.8, 4) is 0 Å². The van der Waals surface area contributed by atoms with Gasteiger partial charge in [-0.2, -0.15) is 0 Å². The van der Waals surface area contributed by atoms with Gasteiger partial charge in [0.05, 0.1) is 10.4 Å². The van der Waals surface area contributed by atoms with Gasteiger partial charge in [-0.25, -0.2) is 9.97 Å². The zero-order valence-electron chi connectivity index (χ0n) is 13.4. The highest BCUT2D eigenvalue weighted by molar-refractivity contribution is 7.20. The van der Waals surface area contributed by atoms with Gasteiger partial charge in [-0.1, -0.05) is 0 Å². The van der Waals surface area contributed by atoms with Crippen LogP contribution in [0.25, 0.3) is 10.2 Å². The summed E-state index contributed by atoms with van der Waals surface area (Å²) in [5.41, 5.74) is 6.82. The van der Waals surface area contributed by atoms with E-state index < -0.39 is 5.91 Å². The van der Waals surface area contributed by atoms with E-state index in [-0.39, 0.29) is 5.91 Å². The quantitative estimate of drug-likeness (QED) is 0.696. The molecule has 0 spiro atoms. The molecule has 3 aromatic rings. The largest absolute Gasteiger partial charge is 0.280 e. The van der Waals surface area contributed by atoms with Crippen LogP contribution in [0.4, 0.5) is 0 Å². The molecule has 7 nitrogen and oxygen atoms in total. The normalized spacial score (nSPS) is 10.6. The van der Waals surface area contributed by atoms with E-state index >= 15 is 0 Å². The van der Waals surface area contributed by atoms with Crippen molar-refractivity contribution in [3.63, 3.8) is 0 Å². The zero-order chi connectivity index (χ0) is 17.3. The Morgan fingerprint density at radius 1 is 1.08 bits per heavy atom. The van der Waals surface area contributed by atoms with Crippen molar-refractivity contribution < 1.29 is 9.59 Å². The number of nitrogens with zero attached hydrogens (tertiary/aromatic N) is 3. The van der Waals surface area contributed by atoms with Gasteiger partial charge in [0.1, 0.15) is 10.7 Å². The van der Waals surface area contributed by atoms with Crippen LogP contribution in [0.3, 0.4) is 0 Å². The Morgan fingerprint density at radius 3 is 2.54 bits per heavy atom. The van der Waals surface area contributed by atoms with Crippen molar-refractivity contribution in [2.24, 2.45) is 0 Å². The molecule has 0 atom stereocenters. The molecule has 0 saturated carbocycles. The van der Waals surface area contributed by atoms with E-state index in [4.69, 9.17) is 0 Å². The van der Waals surface area contributed by atoms with Crippen LogP contribution in [0.1, 0.15) is 37.1 Å². The van der Waals surface area contributed by atoms with Gasteiger partial charge < -0.3 is 0 Å². The second kappa shape index (κ2) is 6.32. The summed E-state index contributed by atoms with van der Waals surface area (Å²) in [7, 11) is 0. The van der Waals surface area contributed by atoms with Crippen molar-refractivity contribution >= 4 is 33.4 Å². The smallest absolute Gasteiger partial charge is 0.267 e. The lowest BCUT2D eigenvalue weighted by Crippen LogP contribution is -2.41. The second-order valence-electron chi connectivity index (χ2n) is 5.24. The van der Waals surface area contributed by atoms with Gasteiger partial charge in [0.15, 0.2) is 0 Å². The van der Waals surface area contributed by atoms with Crippen LogP contribution in [0.5, 0.6) is 0 Å². The summed E-state index contributed by atoms with van der Waals surface area (Å²) in [6, 6.07) is 3.26. The highest BCUT2D eigenvalue weighted by atomic mass is 32.1. The molecule has 0 radical (unpaired) electrons. The van der Waals surface area contributed by atoms with E-state index in [0.29, 0.717) is 16.3 Å². The molecular formula is C16H15N5O2S. The van der Waals surface area contributed by atoms with Crippen molar-refractivity contribution in [3.05, 3.63) is 52.0 Å². The average molecular weight is 341 g/mol. The van der Waals surface area contributed by atoms with Crippen LogP contribution in [-0.4, -0.2) is 26.8 Å². The van der Waals surface area contributed by atoms with E-state index in [1.165, 1.54) is 17.5 Å². The van der Waals surface area contributed by atoms with E-state index in [1.54, 1.807) is 18.3 Å². The number of hydrogen-bond acceptors (Lipinski definition) is 6. The Kier molecular flexibility index (Phi) is 4.22. The van der Waals surface area contributed by atoms with Crippen LogP contribution < -0.4 is 10.9 Å². The van der Waals surface area contributed by atoms with Gasteiger partial charge in [-0.15, -0.1) is 11.3 Å². The lowest BCUT2D eigenvalue weighted by Gasteiger charge is -2.06. The Bertz CT molecular complexity index is 937. The number of thiophene rings is 1. The summed E-state index contributed by atoms with van der Waals surface area (Å²) < 4.78 is 0. The van der Waals surface area contributed by atoms with Crippen molar-refractivity contribution in [2.45, 2.75) is 20.8 Å². The van der Waals surface area contributed by atoms with Crippen molar-refractivity contribution in [2.75, 3.05) is 0 Å². The Hall–Kier alpha value is -2.87. The van der Waals surface area contributed by atoms with Crippen LogP contribution >= 0.6 is 11.3 Å². The second-order valence-corrected chi connectivity index (χ2v) is 6.24. The van der Waals surface area contributed by atoms with E-state index in [0.717, 1.165) is 21.5 Å². The molecule has 0 aliphatic heterocycles. The summed E-state index contributed by atoms with van der Waals surface area (Å²) >= 11 is 1.28. The summed E-state index contributed by atoms with van der Waals surface area (Å²) in [4.78, 5) is 38.2. The lowest BCUT2D eigenvalue weighted by molar-refractivity contribution is 0.0848. The fraction of sp³-hybridized carbons (Fsp3) is 0.188. The zero-order valence-corrected chi connectivity index (χ0v) is 14.2. The lowest BCUT2D eigenvalue weighted by atomic mass is 10.1. The molecule has 122 valence electrons. The number of nitrogens with one attached hydrogen (secondary N) is 2. The third-order valence-corrected chi connectivity index (χ3v) is 4.69. The summed E-state index contributed by atoms with van der Waals surface area (Å²) in [5, 5.41) is 0.884. The molecule has 3 heterocycles. The molecule has 0 bridgehead atoms. The molecular weight excluding hydrogens is 326 g/mol. The predicted octanol–water partition coefficient (Wildman–Crippen LogP) is 2.09. The maximum atomic E-state index is 12.4. The minimum absolute atomic E-state index is 0.364. The number of aryl methyl sites for hydroxylation is 3. The Morgan fingerprint density at radius 2 is 1.83 bits per heavy atom. The summed E-state index contributed by atoms with van der Waals surface area (Å²) in [6.45, 7) is 5.56. The minimum atomic E-state index is -0.429. The first-order valence-electron chi connectivity index (χ1n) is 7.22. The van der Waals surface area contributed by atoms with Crippen LogP contribution in [0.15, 0.2) is 24.5 Å². The first-order valence-corrected chi connectivity index (χ1v) is 8.04. The minimum Gasteiger partial charge on any atom is -0.267 e. The molecule has 0 aromatic carbocycles. The highest BCUT2D eigenvalue weighted by Gasteiger charge is 2.19. The third-order valence-electron chi connectivity index (χ3n) is 3.50. The number of carbonyl (C=O) groups excluding carboxylic acids is 2. The number of fused-ring (bicyclic) bond motifs is 1. The van der Waals surface area contributed by atoms with Gasteiger partial charge >= 0.3 is 0 Å². The van der Waals surface area contributed by atoms with Crippen LogP contribution in [-0.2, 0) is 0 Å². The van der Waals surface area contributed by atoms with E-state index in [1.807, 2.05) is 20.8 Å². The van der Waals surface area contributed by atoms with Gasteiger partial charge in [-0.3, -0.25) is 25.4 Å². The predicted molar refractivity (Wildman–Crippen MR) is 90.8 cm³/mol. The van der Waals surface area contributed by atoms with Crippen molar-refractivity contribution in [1.82, 2.24) is 25.8 Å². The fourth-order valence-electron chi connectivity index (χ4n) is 2.43. The van der Waals surface area contributed by atoms with E-state index in [2.05, 4.69) is 25.8 Å². The monoisotopic (exact) mass is 341 g/mol. The highest BCUT2D eigenvalue weighted by Crippen LogP contribution is 2.30.